The van der Waals surface area contributed by atoms with Crippen LogP contribution in [0.15, 0.2) is 61.1 Å². The van der Waals surface area contributed by atoms with E-state index >= 15 is 0 Å². The molecule has 8 nitrogen and oxygen atoms in total. The number of rotatable bonds is 11. The molecule has 2 amide bonds. The van der Waals surface area contributed by atoms with Crippen LogP contribution in [0, 0.1) is 5.92 Å². The maximum atomic E-state index is 12.8. The molecule has 0 unspecified atom stereocenters. The van der Waals surface area contributed by atoms with Gasteiger partial charge in [0.25, 0.3) is 0 Å². The number of aryl methyl sites for hydroxylation is 1. The van der Waals surface area contributed by atoms with E-state index in [1.54, 1.807) is 6.92 Å². The summed E-state index contributed by atoms with van der Waals surface area (Å²) in [6.45, 7) is 1.59. The van der Waals surface area contributed by atoms with E-state index in [9.17, 15) is 19.2 Å². The maximum Gasteiger partial charge on any atom is 0.224 e. The van der Waals surface area contributed by atoms with Crippen LogP contribution in [0.2, 0.25) is 0 Å². The Hall–Kier alpha value is -3.94. The van der Waals surface area contributed by atoms with Crippen molar-refractivity contribution in [3.8, 4) is 0 Å². The van der Waals surface area contributed by atoms with Crippen LogP contribution >= 0.6 is 0 Å². The number of primary amides is 1. The number of nitrogens with zero attached hydrogens (tertiary/aromatic N) is 2. The Balaban J connectivity index is 1.60. The predicted octanol–water partition coefficient (Wildman–Crippen LogP) is 2.40. The number of carbonyl (C=O) groups excluding carboxylic acids is 4. The molecule has 0 aliphatic carbocycles. The number of carbonyl (C=O) groups is 4. The molecule has 0 saturated heterocycles. The van der Waals surface area contributed by atoms with Crippen LogP contribution < -0.4 is 11.1 Å². The lowest BCUT2D eigenvalue weighted by molar-refractivity contribution is -0.131. The van der Waals surface area contributed by atoms with Crippen molar-refractivity contribution in [1.29, 1.82) is 0 Å². The molecule has 170 valence electrons. The maximum absolute atomic E-state index is 12.8. The van der Waals surface area contributed by atoms with Crippen molar-refractivity contribution in [3.63, 3.8) is 0 Å². The predicted molar refractivity (Wildman–Crippen MR) is 123 cm³/mol. The zero-order valence-corrected chi connectivity index (χ0v) is 18.4. The largest absolute Gasteiger partial charge is 0.370 e. The van der Waals surface area contributed by atoms with Gasteiger partial charge < -0.3 is 11.1 Å². The lowest BCUT2D eigenvalue weighted by atomic mass is 9.95. The van der Waals surface area contributed by atoms with E-state index in [-0.39, 0.29) is 30.7 Å². The third-order valence-electron chi connectivity index (χ3n) is 5.46. The van der Waals surface area contributed by atoms with Crippen molar-refractivity contribution >= 4 is 34.2 Å². The number of Topliss-reactive ketones (excluding diaryl/α,β-unsaturated/α-hetero) is 2. The second kappa shape index (κ2) is 11.1. The minimum Gasteiger partial charge on any atom is -0.370 e. The molecule has 0 bridgehead atoms. The van der Waals surface area contributed by atoms with Crippen molar-refractivity contribution in [2.24, 2.45) is 11.7 Å². The molecule has 0 aliphatic heterocycles. The summed E-state index contributed by atoms with van der Waals surface area (Å²) in [4.78, 5) is 57.1. The second-order valence-electron chi connectivity index (χ2n) is 7.92. The van der Waals surface area contributed by atoms with Crippen molar-refractivity contribution in [1.82, 2.24) is 15.3 Å². The molecule has 0 aliphatic rings. The Bertz CT molecular complexity index is 1160. The standard InChI is InChI=1S/C25H26N4O4/c1-16(22(30)10-9-18-7-4-6-17-5-2-3-8-20(17)18)29-25(33)19(14-24(26)32)13-23(31)21-15-27-11-12-28-21/h2-8,11-12,15-16,19H,9-10,13-14H2,1H3,(H2,26,32)(H,29,33)/t16-,19-/m0/s1. The molecule has 1 heterocycles. The van der Waals surface area contributed by atoms with E-state index in [1.165, 1.54) is 18.6 Å². The number of amides is 2. The van der Waals surface area contributed by atoms with Crippen molar-refractivity contribution in [3.05, 3.63) is 72.3 Å². The number of hydrogen-bond acceptors (Lipinski definition) is 6. The smallest absolute Gasteiger partial charge is 0.224 e. The molecule has 3 rings (SSSR count). The van der Waals surface area contributed by atoms with Gasteiger partial charge in [0, 0.05) is 31.7 Å². The normalized spacial score (nSPS) is 12.6. The van der Waals surface area contributed by atoms with Crippen molar-refractivity contribution in [2.45, 2.75) is 38.6 Å². The molecule has 2 atom stereocenters. The summed E-state index contributed by atoms with van der Waals surface area (Å²) in [5.74, 6) is -2.85. The Kier molecular flexibility index (Phi) is 7.96. The lowest BCUT2D eigenvalue weighted by Crippen LogP contribution is -2.43. The first-order valence-corrected chi connectivity index (χ1v) is 10.7. The van der Waals surface area contributed by atoms with Crippen LogP contribution in [-0.4, -0.2) is 39.4 Å². The van der Waals surface area contributed by atoms with Crippen LogP contribution in [0.3, 0.4) is 0 Å². The van der Waals surface area contributed by atoms with Gasteiger partial charge in [0.1, 0.15) is 5.69 Å². The zero-order valence-electron chi connectivity index (χ0n) is 18.4. The van der Waals surface area contributed by atoms with Crippen molar-refractivity contribution < 1.29 is 19.2 Å². The number of benzene rings is 2. The second-order valence-corrected chi connectivity index (χ2v) is 7.92. The van der Waals surface area contributed by atoms with Crippen LogP contribution in [0.1, 0.15) is 42.2 Å². The van der Waals surface area contributed by atoms with Gasteiger partial charge in [0.05, 0.1) is 18.2 Å². The zero-order chi connectivity index (χ0) is 23.8. The minimum atomic E-state index is -0.995. The summed E-state index contributed by atoms with van der Waals surface area (Å²) < 4.78 is 0. The molecule has 3 N–H and O–H groups in total. The highest BCUT2D eigenvalue weighted by Gasteiger charge is 2.27. The molecule has 0 saturated carbocycles. The number of nitrogens with one attached hydrogen (secondary N) is 1. The molecule has 3 aromatic rings. The summed E-state index contributed by atoms with van der Waals surface area (Å²) in [6.07, 6.45) is 4.30. The van der Waals surface area contributed by atoms with Gasteiger partial charge in [0.15, 0.2) is 11.6 Å². The van der Waals surface area contributed by atoms with E-state index in [0.29, 0.717) is 6.42 Å². The highest BCUT2D eigenvalue weighted by Crippen LogP contribution is 2.20. The van der Waals surface area contributed by atoms with Gasteiger partial charge in [-0.25, -0.2) is 4.98 Å². The monoisotopic (exact) mass is 446 g/mol. The van der Waals surface area contributed by atoms with Crippen LogP contribution in [0.4, 0.5) is 0 Å². The fourth-order valence-electron chi connectivity index (χ4n) is 3.67. The van der Waals surface area contributed by atoms with E-state index < -0.39 is 29.6 Å². The molecule has 33 heavy (non-hydrogen) atoms. The van der Waals surface area contributed by atoms with E-state index in [2.05, 4.69) is 15.3 Å². The molecule has 0 fully saturated rings. The summed E-state index contributed by atoms with van der Waals surface area (Å²) in [5, 5.41) is 4.82. The van der Waals surface area contributed by atoms with E-state index in [4.69, 9.17) is 5.73 Å². The Labute approximate surface area is 191 Å². The first-order chi connectivity index (χ1) is 15.8. The van der Waals surface area contributed by atoms with Crippen molar-refractivity contribution in [2.75, 3.05) is 0 Å². The first kappa shape index (κ1) is 23.7. The Morgan fingerprint density at radius 2 is 1.76 bits per heavy atom. The number of hydrogen-bond donors (Lipinski definition) is 2. The minimum absolute atomic E-state index is 0.0963. The molecular formula is C25H26N4O4. The molecule has 8 heteroatoms. The third-order valence-corrected chi connectivity index (χ3v) is 5.46. The van der Waals surface area contributed by atoms with Gasteiger partial charge in [-0.05, 0) is 29.7 Å². The molecule has 0 radical (unpaired) electrons. The lowest BCUT2D eigenvalue weighted by Gasteiger charge is -2.18. The fourth-order valence-corrected chi connectivity index (χ4v) is 3.67. The van der Waals surface area contributed by atoms with Crippen LogP contribution in [0.5, 0.6) is 0 Å². The number of fused-ring (bicyclic) bond motifs is 1. The SMILES string of the molecule is C[C@H](NC(=O)[C@H](CC(N)=O)CC(=O)c1cnccn1)C(=O)CCc1cccc2ccccc12. The summed E-state index contributed by atoms with van der Waals surface area (Å²) in [7, 11) is 0. The number of aromatic nitrogens is 2. The quantitative estimate of drug-likeness (QED) is 0.435. The van der Waals surface area contributed by atoms with Crippen LogP contribution in [-0.2, 0) is 20.8 Å². The van der Waals surface area contributed by atoms with Gasteiger partial charge in [-0.1, -0.05) is 42.5 Å². The van der Waals surface area contributed by atoms with Gasteiger partial charge in [-0.15, -0.1) is 0 Å². The van der Waals surface area contributed by atoms with Gasteiger partial charge in [0.2, 0.25) is 11.8 Å². The van der Waals surface area contributed by atoms with E-state index in [1.807, 2.05) is 42.5 Å². The highest BCUT2D eigenvalue weighted by atomic mass is 16.2. The van der Waals surface area contributed by atoms with Gasteiger partial charge >= 0.3 is 0 Å². The molecule has 2 aromatic carbocycles. The van der Waals surface area contributed by atoms with E-state index in [0.717, 1.165) is 16.3 Å². The Morgan fingerprint density at radius 1 is 1.00 bits per heavy atom. The molecule has 0 spiro atoms. The van der Waals surface area contributed by atoms with Gasteiger partial charge in [-0.3, -0.25) is 24.2 Å². The first-order valence-electron chi connectivity index (χ1n) is 10.7. The summed E-state index contributed by atoms with van der Waals surface area (Å²) in [5.41, 5.74) is 6.42. The summed E-state index contributed by atoms with van der Waals surface area (Å²) in [6, 6.07) is 13.1. The Morgan fingerprint density at radius 3 is 2.48 bits per heavy atom. The molecule has 1 aromatic heterocycles. The highest BCUT2D eigenvalue weighted by molar-refractivity contribution is 5.99. The summed E-state index contributed by atoms with van der Waals surface area (Å²) >= 11 is 0. The average molecular weight is 447 g/mol. The molecular weight excluding hydrogens is 420 g/mol. The number of ketones is 2. The third kappa shape index (κ3) is 6.52. The number of nitrogens with two attached hydrogens (primary N) is 1. The van der Waals surface area contributed by atoms with Gasteiger partial charge in [-0.2, -0.15) is 0 Å². The van der Waals surface area contributed by atoms with Crippen LogP contribution in [0.25, 0.3) is 10.8 Å². The average Bonchev–Trinajstić information content (AvgIpc) is 2.82. The fraction of sp³-hybridized carbons (Fsp3) is 0.280. The topological polar surface area (TPSA) is 132 Å².